The molecule has 0 saturated carbocycles. The number of aliphatic carboxylic acids is 1. The maximum atomic E-state index is 11.8. The summed E-state index contributed by atoms with van der Waals surface area (Å²) < 4.78 is 0.740. The predicted octanol–water partition coefficient (Wildman–Crippen LogP) is 2.99. The Bertz CT molecular complexity index is 489. The van der Waals surface area contributed by atoms with Crippen molar-refractivity contribution < 1.29 is 14.7 Å². The summed E-state index contributed by atoms with van der Waals surface area (Å²) in [5, 5.41) is 14.1. The number of hydrogen-bond donors (Lipinski definition) is 3. The summed E-state index contributed by atoms with van der Waals surface area (Å²) in [6.45, 7) is 5.38. The SMILES string of the molecule is Cc1ccc(Br)c(NC(=O)NC(C(=O)O)C(C)C)c1. The number of carboxylic acids is 1. The molecule has 0 saturated heterocycles. The van der Waals surface area contributed by atoms with Crippen molar-refractivity contribution in [3.63, 3.8) is 0 Å². The van der Waals surface area contributed by atoms with E-state index in [1.54, 1.807) is 19.9 Å². The highest BCUT2D eigenvalue weighted by Crippen LogP contribution is 2.23. The van der Waals surface area contributed by atoms with Crippen molar-refractivity contribution in [2.75, 3.05) is 5.32 Å². The number of carbonyl (C=O) groups excluding carboxylic acids is 1. The van der Waals surface area contributed by atoms with Gasteiger partial charge in [0.15, 0.2) is 0 Å². The largest absolute Gasteiger partial charge is 0.480 e. The van der Waals surface area contributed by atoms with Crippen LogP contribution in [0.5, 0.6) is 0 Å². The van der Waals surface area contributed by atoms with E-state index >= 15 is 0 Å². The van der Waals surface area contributed by atoms with Crippen molar-refractivity contribution in [3.8, 4) is 0 Å². The fourth-order valence-electron chi connectivity index (χ4n) is 1.55. The van der Waals surface area contributed by atoms with Crippen LogP contribution in [0, 0.1) is 12.8 Å². The van der Waals surface area contributed by atoms with E-state index in [-0.39, 0.29) is 5.92 Å². The summed E-state index contributed by atoms with van der Waals surface area (Å²) in [4.78, 5) is 22.8. The molecule has 0 heterocycles. The Kier molecular flexibility index (Phi) is 5.35. The first-order valence-electron chi connectivity index (χ1n) is 5.87. The molecule has 1 aromatic rings. The Balaban J connectivity index is 2.74. The Labute approximate surface area is 120 Å². The molecular formula is C13H17BrN2O3. The number of carbonyl (C=O) groups is 2. The van der Waals surface area contributed by atoms with Crippen LogP contribution in [0.25, 0.3) is 0 Å². The van der Waals surface area contributed by atoms with Crippen molar-refractivity contribution in [2.24, 2.45) is 5.92 Å². The molecule has 1 atom stereocenters. The normalized spacial score (nSPS) is 12.1. The molecule has 6 heteroatoms. The monoisotopic (exact) mass is 328 g/mol. The molecule has 0 aromatic heterocycles. The van der Waals surface area contributed by atoms with E-state index < -0.39 is 18.0 Å². The molecule has 19 heavy (non-hydrogen) atoms. The summed E-state index contributed by atoms with van der Waals surface area (Å²) in [6, 6.07) is 4.08. The van der Waals surface area contributed by atoms with Crippen LogP contribution in [0.2, 0.25) is 0 Å². The Morgan fingerprint density at radius 2 is 1.95 bits per heavy atom. The summed E-state index contributed by atoms with van der Waals surface area (Å²) >= 11 is 3.32. The molecule has 2 amide bonds. The van der Waals surface area contributed by atoms with Gasteiger partial charge in [-0.3, -0.25) is 0 Å². The molecule has 0 radical (unpaired) electrons. The van der Waals surface area contributed by atoms with E-state index in [2.05, 4.69) is 26.6 Å². The van der Waals surface area contributed by atoms with Gasteiger partial charge < -0.3 is 15.7 Å². The lowest BCUT2D eigenvalue weighted by Crippen LogP contribution is -2.46. The summed E-state index contributed by atoms with van der Waals surface area (Å²) in [7, 11) is 0. The van der Waals surface area contributed by atoms with Crippen LogP contribution < -0.4 is 10.6 Å². The van der Waals surface area contributed by atoms with Gasteiger partial charge in [0.1, 0.15) is 6.04 Å². The van der Waals surface area contributed by atoms with Crippen molar-refractivity contribution >= 4 is 33.6 Å². The van der Waals surface area contributed by atoms with E-state index in [1.165, 1.54) is 0 Å². The lowest BCUT2D eigenvalue weighted by Gasteiger charge is -2.18. The molecular weight excluding hydrogens is 312 g/mol. The van der Waals surface area contributed by atoms with E-state index in [0.717, 1.165) is 10.0 Å². The number of urea groups is 1. The van der Waals surface area contributed by atoms with Gasteiger partial charge in [0.25, 0.3) is 0 Å². The lowest BCUT2D eigenvalue weighted by atomic mass is 10.1. The fourth-order valence-corrected chi connectivity index (χ4v) is 1.89. The number of hydrogen-bond acceptors (Lipinski definition) is 2. The van der Waals surface area contributed by atoms with Gasteiger partial charge in [-0.15, -0.1) is 0 Å². The van der Waals surface area contributed by atoms with Crippen molar-refractivity contribution in [1.29, 1.82) is 0 Å². The summed E-state index contributed by atoms with van der Waals surface area (Å²) in [6.07, 6.45) is 0. The maximum absolute atomic E-state index is 11.8. The van der Waals surface area contributed by atoms with Crippen LogP contribution in [-0.2, 0) is 4.79 Å². The third-order valence-corrected chi connectivity index (χ3v) is 3.28. The van der Waals surface area contributed by atoms with Crippen LogP contribution in [0.15, 0.2) is 22.7 Å². The van der Waals surface area contributed by atoms with Crippen LogP contribution >= 0.6 is 15.9 Å². The highest BCUT2D eigenvalue weighted by Gasteiger charge is 2.23. The molecule has 0 bridgehead atoms. The highest BCUT2D eigenvalue weighted by molar-refractivity contribution is 9.10. The molecule has 1 unspecified atom stereocenters. The van der Waals surface area contributed by atoms with Gasteiger partial charge in [-0.1, -0.05) is 19.9 Å². The van der Waals surface area contributed by atoms with Crippen molar-refractivity contribution in [3.05, 3.63) is 28.2 Å². The lowest BCUT2D eigenvalue weighted by molar-refractivity contribution is -0.140. The second kappa shape index (κ2) is 6.56. The third kappa shape index (κ3) is 4.55. The van der Waals surface area contributed by atoms with Crippen LogP contribution in [0.4, 0.5) is 10.5 Å². The second-order valence-corrected chi connectivity index (χ2v) is 5.50. The fraction of sp³-hybridized carbons (Fsp3) is 0.385. The summed E-state index contributed by atoms with van der Waals surface area (Å²) in [5.74, 6) is -1.24. The second-order valence-electron chi connectivity index (χ2n) is 4.64. The molecule has 1 rings (SSSR count). The molecule has 0 aliphatic carbocycles. The minimum atomic E-state index is -1.05. The van der Waals surface area contributed by atoms with Crippen LogP contribution in [0.3, 0.4) is 0 Å². The molecule has 0 fully saturated rings. The molecule has 0 spiro atoms. The van der Waals surface area contributed by atoms with Crippen molar-refractivity contribution in [2.45, 2.75) is 26.8 Å². The van der Waals surface area contributed by atoms with E-state index in [9.17, 15) is 9.59 Å². The smallest absolute Gasteiger partial charge is 0.326 e. The van der Waals surface area contributed by atoms with Gasteiger partial charge in [-0.2, -0.15) is 0 Å². The number of nitrogens with one attached hydrogen (secondary N) is 2. The number of rotatable bonds is 4. The van der Waals surface area contributed by atoms with Crippen LogP contribution in [0.1, 0.15) is 19.4 Å². The zero-order chi connectivity index (χ0) is 14.6. The summed E-state index contributed by atoms with van der Waals surface area (Å²) in [5.41, 5.74) is 1.60. The number of anilines is 1. The first-order valence-corrected chi connectivity index (χ1v) is 6.67. The Morgan fingerprint density at radius 3 is 2.47 bits per heavy atom. The molecule has 104 valence electrons. The highest BCUT2D eigenvalue weighted by atomic mass is 79.9. The van der Waals surface area contributed by atoms with Gasteiger partial charge in [0.05, 0.1) is 5.69 Å². The number of benzene rings is 1. The van der Waals surface area contributed by atoms with Gasteiger partial charge in [0, 0.05) is 4.47 Å². The standard InChI is InChI=1S/C13H17BrN2O3/c1-7(2)11(12(17)18)16-13(19)15-10-6-8(3)4-5-9(10)14/h4-7,11H,1-3H3,(H,17,18)(H2,15,16,19). The minimum Gasteiger partial charge on any atom is -0.480 e. The van der Waals surface area contributed by atoms with Crippen LogP contribution in [-0.4, -0.2) is 23.1 Å². The number of halogens is 1. The maximum Gasteiger partial charge on any atom is 0.326 e. The zero-order valence-electron chi connectivity index (χ0n) is 11.0. The van der Waals surface area contributed by atoms with E-state index in [1.807, 2.05) is 19.1 Å². The zero-order valence-corrected chi connectivity index (χ0v) is 12.6. The number of amides is 2. The molecule has 5 nitrogen and oxygen atoms in total. The first-order chi connectivity index (χ1) is 8.81. The van der Waals surface area contributed by atoms with Gasteiger partial charge in [-0.25, -0.2) is 9.59 Å². The molecule has 3 N–H and O–H groups in total. The number of carboxylic acid groups (broad SMARTS) is 1. The molecule has 0 aliphatic rings. The Morgan fingerprint density at radius 1 is 1.32 bits per heavy atom. The van der Waals surface area contributed by atoms with Gasteiger partial charge in [-0.05, 0) is 46.5 Å². The topological polar surface area (TPSA) is 78.4 Å². The third-order valence-electron chi connectivity index (χ3n) is 2.59. The molecule has 0 aliphatic heterocycles. The van der Waals surface area contributed by atoms with E-state index in [0.29, 0.717) is 5.69 Å². The Hall–Kier alpha value is -1.56. The average Bonchev–Trinajstić information content (AvgIpc) is 2.30. The quantitative estimate of drug-likeness (QED) is 0.795. The van der Waals surface area contributed by atoms with Crippen molar-refractivity contribution in [1.82, 2.24) is 5.32 Å². The predicted molar refractivity (Wildman–Crippen MR) is 77.3 cm³/mol. The van der Waals surface area contributed by atoms with Gasteiger partial charge in [0.2, 0.25) is 0 Å². The first kappa shape index (κ1) is 15.5. The molecule has 1 aromatic carbocycles. The van der Waals surface area contributed by atoms with Gasteiger partial charge >= 0.3 is 12.0 Å². The minimum absolute atomic E-state index is 0.191. The number of aryl methyl sites for hydroxylation is 1. The average molecular weight is 329 g/mol. The van der Waals surface area contributed by atoms with E-state index in [4.69, 9.17) is 5.11 Å².